The topological polar surface area (TPSA) is 70.8 Å². The van der Waals surface area contributed by atoms with Gasteiger partial charge in [0.15, 0.2) is 4.67 Å². The Bertz CT molecular complexity index is 506. The smallest absolute Gasteiger partial charge is 0.247 e. The lowest BCUT2D eigenvalue weighted by Crippen LogP contribution is -2.32. The van der Waals surface area contributed by atoms with Gasteiger partial charge in [-0.2, -0.15) is 16.1 Å². The molecule has 102 valence electrons. The number of sulfonamides is 1. The molecule has 0 amide bonds. The molecular formula is C10H14BrNO4S2. The van der Waals surface area contributed by atoms with Gasteiger partial charge in [-0.1, -0.05) is 0 Å². The number of thioether (sulfide) groups is 1. The lowest BCUT2D eigenvalue weighted by Gasteiger charge is -2.18. The van der Waals surface area contributed by atoms with E-state index in [9.17, 15) is 8.42 Å². The number of rotatable bonds is 3. The molecule has 0 radical (unpaired) electrons. The molecule has 0 aliphatic carbocycles. The van der Waals surface area contributed by atoms with E-state index in [0.29, 0.717) is 13.1 Å². The maximum absolute atomic E-state index is 12.4. The van der Waals surface area contributed by atoms with Crippen molar-refractivity contribution in [1.29, 1.82) is 0 Å². The number of halogens is 1. The van der Waals surface area contributed by atoms with E-state index in [4.69, 9.17) is 9.52 Å². The molecule has 2 heterocycles. The molecular weight excluding hydrogens is 342 g/mol. The van der Waals surface area contributed by atoms with Crippen LogP contribution in [-0.2, 0) is 16.6 Å². The average Bonchev–Trinajstić information content (AvgIpc) is 2.55. The zero-order valence-electron chi connectivity index (χ0n) is 9.63. The molecule has 0 spiro atoms. The third-order valence-electron chi connectivity index (χ3n) is 2.66. The quantitative estimate of drug-likeness (QED) is 0.892. The summed E-state index contributed by atoms with van der Waals surface area (Å²) < 4.78 is 31.6. The summed E-state index contributed by atoms with van der Waals surface area (Å²) in [6, 6.07) is 1.37. The van der Waals surface area contributed by atoms with Crippen molar-refractivity contribution >= 4 is 37.7 Å². The Balaban J connectivity index is 2.31. The van der Waals surface area contributed by atoms with E-state index in [1.54, 1.807) is 11.8 Å². The average molecular weight is 356 g/mol. The van der Waals surface area contributed by atoms with Gasteiger partial charge in [-0.15, -0.1) is 0 Å². The third kappa shape index (κ3) is 2.93. The minimum atomic E-state index is -3.54. The molecule has 1 aromatic heterocycles. The minimum absolute atomic E-state index is 0.0958. The molecule has 1 saturated heterocycles. The van der Waals surface area contributed by atoms with Crippen LogP contribution in [0, 0.1) is 0 Å². The summed E-state index contributed by atoms with van der Waals surface area (Å²) in [4.78, 5) is 0.0958. The second-order valence-electron chi connectivity index (χ2n) is 3.88. The summed E-state index contributed by atoms with van der Waals surface area (Å²) in [5.41, 5.74) is 0. The van der Waals surface area contributed by atoms with Crippen LogP contribution in [0.2, 0.25) is 0 Å². The molecule has 1 aliphatic rings. The molecule has 0 unspecified atom stereocenters. The number of furan rings is 1. The molecule has 8 heteroatoms. The van der Waals surface area contributed by atoms with E-state index >= 15 is 0 Å². The largest absolute Gasteiger partial charge is 0.450 e. The zero-order chi connectivity index (χ0) is 13.2. The summed E-state index contributed by atoms with van der Waals surface area (Å²) in [5.74, 6) is 2.03. The van der Waals surface area contributed by atoms with E-state index < -0.39 is 10.0 Å². The van der Waals surface area contributed by atoms with Gasteiger partial charge in [-0.05, 0) is 28.1 Å². The SMILES string of the molecule is O=S(=O)(c1cc(CO)oc1Br)N1CCCSCC1. The van der Waals surface area contributed by atoms with Crippen molar-refractivity contribution in [2.45, 2.75) is 17.9 Å². The Morgan fingerprint density at radius 2 is 2.22 bits per heavy atom. The highest BCUT2D eigenvalue weighted by atomic mass is 79.9. The molecule has 1 fully saturated rings. The summed E-state index contributed by atoms with van der Waals surface area (Å²) in [5, 5.41) is 8.97. The van der Waals surface area contributed by atoms with Crippen LogP contribution < -0.4 is 0 Å². The Labute approximate surface area is 119 Å². The fraction of sp³-hybridized carbons (Fsp3) is 0.600. The molecule has 0 saturated carbocycles. The lowest BCUT2D eigenvalue weighted by molar-refractivity contribution is 0.245. The first kappa shape index (κ1) is 14.4. The Morgan fingerprint density at radius 3 is 2.89 bits per heavy atom. The Morgan fingerprint density at radius 1 is 1.44 bits per heavy atom. The van der Waals surface area contributed by atoms with Gasteiger partial charge in [0.2, 0.25) is 10.0 Å². The van der Waals surface area contributed by atoms with Gasteiger partial charge in [-0.25, -0.2) is 8.42 Å². The molecule has 5 nitrogen and oxygen atoms in total. The van der Waals surface area contributed by atoms with Crippen LogP contribution in [0.5, 0.6) is 0 Å². The van der Waals surface area contributed by atoms with E-state index in [1.165, 1.54) is 10.4 Å². The summed E-state index contributed by atoms with van der Waals surface area (Å²) in [6.45, 7) is 0.727. The van der Waals surface area contributed by atoms with Gasteiger partial charge < -0.3 is 9.52 Å². The van der Waals surface area contributed by atoms with Gasteiger partial charge in [0.25, 0.3) is 0 Å². The fourth-order valence-electron chi connectivity index (χ4n) is 1.75. The van der Waals surface area contributed by atoms with E-state index in [-0.39, 0.29) is 21.9 Å². The number of aliphatic hydroxyl groups is 1. The second-order valence-corrected chi connectivity index (χ2v) is 7.73. The van der Waals surface area contributed by atoms with E-state index in [1.807, 2.05) is 0 Å². The van der Waals surface area contributed by atoms with Gasteiger partial charge >= 0.3 is 0 Å². The highest BCUT2D eigenvalue weighted by Gasteiger charge is 2.29. The van der Waals surface area contributed by atoms with Crippen LogP contribution in [-0.4, -0.2) is 42.4 Å². The number of nitrogens with zero attached hydrogens (tertiary/aromatic N) is 1. The predicted molar refractivity (Wildman–Crippen MR) is 73.0 cm³/mol. The molecule has 0 atom stereocenters. The summed E-state index contributed by atoms with van der Waals surface area (Å²) in [6.07, 6.45) is 0.853. The molecule has 1 aliphatic heterocycles. The van der Waals surface area contributed by atoms with Crippen LogP contribution in [0.25, 0.3) is 0 Å². The summed E-state index contributed by atoms with van der Waals surface area (Å²) >= 11 is 4.85. The normalized spacial score (nSPS) is 18.8. The molecule has 1 aromatic rings. The number of hydrogen-bond donors (Lipinski definition) is 1. The van der Waals surface area contributed by atoms with E-state index in [0.717, 1.165) is 17.9 Å². The van der Waals surface area contributed by atoms with Crippen molar-refractivity contribution in [2.24, 2.45) is 0 Å². The zero-order valence-corrected chi connectivity index (χ0v) is 12.9. The molecule has 1 N–H and O–H groups in total. The van der Waals surface area contributed by atoms with Crippen LogP contribution in [0.1, 0.15) is 12.2 Å². The standard InChI is InChI=1S/C10H14BrNO4S2/c11-10-9(6-8(7-13)16-10)18(14,15)12-2-1-4-17-5-3-12/h6,13H,1-5,7H2. The molecule has 0 aromatic carbocycles. The number of aliphatic hydroxyl groups excluding tert-OH is 1. The molecule has 18 heavy (non-hydrogen) atoms. The van der Waals surface area contributed by atoms with Crippen LogP contribution in [0.15, 0.2) is 20.0 Å². The van der Waals surface area contributed by atoms with Crippen molar-refractivity contribution in [2.75, 3.05) is 24.6 Å². The van der Waals surface area contributed by atoms with Crippen molar-refractivity contribution in [3.63, 3.8) is 0 Å². The molecule has 2 rings (SSSR count). The van der Waals surface area contributed by atoms with Crippen molar-refractivity contribution in [1.82, 2.24) is 4.31 Å². The first-order valence-electron chi connectivity index (χ1n) is 5.52. The summed E-state index contributed by atoms with van der Waals surface area (Å²) in [7, 11) is -3.54. The van der Waals surface area contributed by atoms with Gasteiger partial charge in [0, 0.05) is 24.9 Å². The monoisotopic (exact) mass is 355 g/mol. The van der Waals surface area contributed by atoms with Crippen LogP contribution in [0.4, 0.5) is 0 Å². The highest BCUT2D eigenvalue weighted by Crippen LogP contribution is 2.29. The van der Waals surface area contributed by atoms with Crippen molar-refractivity contribution < 1.29 is 17.9 Å². The Hall–Kier alpha value is -0.0200. The highest BCUT2D eigenvalue weighted by molar-refractivity contribution is 9.10. The molecule has 0 bridgehead atoms. The van der Waals surface area contributed by atoms with Gasteiger partial charge in [-0.3, -0.25) is 0 Å². The number of hydrogen-bond acceptors (Lipinski definition) is 5. The van der Waals surface area contributed by atoms with Gasteiger partial charge in [0.05, 0.1) is 0 Å². The first-order valence-corrected chi connectivity index (χ1v) is 8.91. The predicted octanol–water partition coefficient (Wildman–Crippen LogP) is 1.66. The Kier molecular flexibility index (Phi) is 4.76. The third-order valence-corrected chi connectivity index (χ3v) is 6.47. The minimum Gasteiger partial charge on any atom is -0.450 e. The maximum Gasteiger partial charge on any atom is 0.247 e. The van der Waals surface area contributed by atoms with Crippen molar-refractivity contribution in [3.05, 3.63) is 16.5 Å². The van der Waals surface area contributed by atoms with E-state index in [2.05, 4.69) is 15.9 Å². The second kappa shape index (κ2) is 5.96. The van der Waals surface area contributed by atoms with Crippen LogP contribution >= 0.6 is 27.7 Å². The van der Waals surface area contributed by atoms with Crippen molar-refractivity contribution in [3.8, 4) is 0 Å². The van der Waals surface area contributed by atoms with Gasteiger partial charge in [0.1, 0.15) is 17.3 Å². The fourth-order valence-corrected chi connectivity index (χ4v) is 5.20. The van der Waals surface area contributed by atoms with Crippen LogP contribution in [0.3, 0.4) is 0 Å². The first-order chi connectivity index (χ1) is 8.55. The lowest BCUT2D eigenvalue weighted by atomic mass is 10.5. The maximum atomic E-state index is 12.4.